The summed E-state index contributed by atoms with van der Waals surface area (Å²) in [6.45, 7) is 4.62. The average molecular weight is 378 g/mol. The number of anilines is 1. The quantitative estimate of drug-likeness (QED) is 0.539. The van der Waals surface area contributed by atoms with Gasteiger partial charge in [-0.3, -0.25) is 9.97 Å². The highest BCUT2D eigenvalue weighted by Gasteiger charge is 2.21. The molecular formula is C19H18N6OS. The molecule has 0 amide bonds. The second-order valence-corrected chi connectivity index (χ2v) is 6.93. The van der Waals surface area contributed by atoms with E-state index in [4.69, 9.17) is 9.51 Å². The van der Waals surface area contributed by atoms with Gasteiger partial charge in [-0.1, -0.05) is 18.1 Å². The molecule has 0 aliphatic heterocycles. The zero-order valence-electron chi connectivity index (χ0n) is 15.0. The first-order valence-corrected chi connectivity index (χ1v) is 9.49. The van der Waals surface area contributed by atoms with E-state index in [1.54, 1.807) is 36.1 Å². The number of nitrogens with one attached hydrogen (secondary N) is 1. The van der Waals surface area contributed by atoms with Gasteiger partial charge in [0.05, 0.1) is 35.4 Å². The number of rotatable bonds is 6. The van der Waals surface area contributed by atoms with E-state index < -0.39 is 0 Å². The van der Waals surface area contributed by atoms with Crippen LogP contribution in [0.1, 0.15) is 23.3 Å². The Morgan fingerprint density at radius 3 is 2.85 bits per heavy atom. The minimum absolute atomic E-state index is 0.550. The van der Waals surface area contributed by atoms with Crippen LogP contribution in [0.15, 0.2) is 46.8 Å². The molecule has 136 valence electrons. The normalized spacial score (nSPS) is 10.9. The molecule has 0 spiro atoms. The van der Waals surface area contributed by atoms with Gasteiger partial charge in [-0.15, -0.1) is 11.3 Å². The van der Waals surface area contributed by atoms with Gasteiger partial charge in [0.2, 0.25) is 5.95 Å². The Morgan fingerprint density at radius 1 is 1.19 bits per heavy atom. The van der Waals surface area contributed by atoms with Crippen LogP contribution in [0.4, 0.5) is 5.95 Å². The smallest absolute Gasteiger partial charge is 0.223 e. The summed E-state index contributed by atoms with van der Waals surface area (Å²) in [7, 11) is 0. The highest BCUT2D eigenvalue weighted by molar-refractivity contribution is 7.09. The summed E-state index contributed by atoms with van der Waals surface area (Å²) in [5.74, 6) is 1.34. The molecule has 4 aromatic rings. The van der Waals surface area contributed by atoms with Gasteiger partial charge >= 0.3 is 0 Å². The van der Waals surface area contributed by atoms with Gasteiger partial charge in [0.25, 0.3) is 0 Å². The fourth-order valence-electron chi connectivity index (χ4n) is 2.82. The number of nitrogens with zero attached hydrogens (tertiary/aromatic N) is 5. The van der Waals surface area contributed by atoms with Crippen molar-refractivity contribution in [3.63, 3.8) is 0 Å². The third-order valence-corrected chi connectivity index (χ3v) is 5.00. The first kappa shape index (κ1) is 17.3. The van der Waals surface area contributed by atoms with Gasteiger partial charge in [-0.05, 0) is 18.4 Å². The number of aromatic nitrogens is 5. The van der Waals surface area contributed by atoms with E-state index in [0.717, 1.165) is 34.7 Å². The van der Waals surface area contributed by atoms with E-state index >= 15 is 0 Å². The number of thiophene rings is 1. The third kappa shape index (κ3) is 3.56. The largest absolute Gasteiger partial charge is 0.360 e. The van der Waals surface area contributed by atoms with Crippen molar-refractivity contribution in [1.29, 1.82) is 0 Å². The van der Waals surface area contributed by atoms with Crippen LogP contribution in [0, 0.1) is 6.92 Å². The molecule has 4 heterocycles. The van der Waals surface area contributed by atoms with Crippen molar-refractivity contribution in [2.75, 3.05) is 5.32 Å². The maximum absolute atomic E-state index is 5.48. The Morgan fingerprint density at radius 2 is 2.11 bits per heavy atom. The summed E-state index contributed by atoms with van der Waals surface area (Å²) < 4.78 is 5.48. The second-order valence-electron chi connectivity index (χ2n) is 5.90. The van der Waals surface area contributed by atoms with Gasteiger partial charge < -0.3 is 9.84 Å². The summed E-state index contributed by atoms with van der Waals surface area (Å²) in [4.78, 5) is 19.0. The van der Waals surface area contributed by atoms with Crippen molar-refractivity contribution < 1.29 is 4.52 Å². The van der Waals surface area contributed by atoms with Gasteiger partial charge in [0, 0.05) is 35.5 Å². The molecule has 0 aliphatic rings. The molecular weight excluding hydrogens is 360 g/mol. The molecule has 1 N–H and O–H groups in total. The SMILES string of the molecule is CCc1onc(C)c1-c1nc(NCc2cccs2)ncc1-c1cnccn1. The lowest BCUT2D eigenvalue weighted by molar-refractivity contribution is 0.383. The minimum atomic E-state index is 0.550. The van der Waals surface area contributed by atoms with E-state index in [-0.39, 0.29) is 0 Å². The van der Waals surface area contributed by atoms with Crippen LogP contribution < -0.4 is 5.32 Å². The highest BCUT2D eigenvalue weighted by atomic mass is 32.1. The van der Waals surface area contributed by atoms with Crippen LogP contribution >= 0.6 is 11.3 Å². The van der Waals surface area contributed by atoms with Gasteiger partial charge in [-0.25, -0.2) is 9.97 Å². The molecule has 7 nitrogen and oxygen atoms in total. The fraction of sp³-hybridized carbons (Fsp3) is 0.211. The maximum Gasteiger partial charge on any atom is 0.223 e. The Bertz CT molecular complexity index is 1030. The van der Waals surface area contributed by atoms with Crippen LogP contribution in [0.25, 0.3) is 22.5 Å². The van der Waals surface area contributed by atoms with Crippen molar-refractivity contribution in [2.24, 2.45) is 0 Å². The Kier molecular flexibility index (Phi) is 4.88. The lowest BCUT2D eigenvalue weighted by Crippen LogP contribution is -2.05. The predicted molar refractivity (Wildman–Crippen MR) is 104 cm³/mol. The van der Waals surface area contributed by atoms with Gasteiger partial charge in [-0.2, -0.15) is 0 Å². The third-order valence-electron chi connectivity index (χ3n) is 4.12. The maximum atomic E-state index is 5.48. The van der Waals surface area contributed by atoms with Gasteiger partial charge in [0.15, 0.2) is 0 Å². The minimum Gasteiger partial charge on any atom is -0.360 e. The molecule has 0 radical (unpaired) electrons. The number of aryl methyl sites for hydroxylation is 2. The summed E-state index contributed by atoms with van der Waals surface area (Å²) in [6.07, 6.45) is 7.49. The van der Waals surface area contributed by atoms with Crippen molar-refractivity contribution >= 4 is 17.3 Å². The summed E-state index contributed by atoms with van der Waals surface area (Å²) in [6, 6.07) is 4.10. The molecule has 0 saturated heterocycles. The predicted octanol–water partition coefficient (Wildman–Crippen LogP) is 4.13. The number of hydrogen-bond donors (Lipinski definition) is 1. The zero-order valence-corrected chi connectivity index (χ0v) is 15.8. The molecule has 0 bridgehead atoms. The molecule has 4 rings (SSSR count). The molecule has 0 fully saturated rings. The van der Waals surface area contributed by atoms with Crippen LogP contribution in [0.2, 0.25) is 0 Å². The molecule has 0 aromatic carbocycles. The Hall–Kier alpha value is -3.13. The Balaban J connectivity index is 1.79. The molecule has 0 unspecified atom stereocenters. The topological polar surface area (TPSA) is 89.6 Å². The first-order chi connectivity index (χ1) is 13.3. The van der Waals surface area contributed by atoms with Crippen molar-refractivity contribution in [1.82, 2.24) is 25.1 Å². The van der Waals surface area contributed by atoms with Crippen LogP contribution in [-0.2, 0) is 13.0 Å². The van der Waals surface area contributed by atoms with Crippen molar-refractivity contribution in [2.45, 2.75) is 26.8 Å². The lowest BCUT2D eigenvalue weighted by atomic mass is 10.0. The van der Waals surface area contributed by atoms with Crippen LogP contribution in [0.3, 0.4) is 0 Å². The van der Waals surface area contributed by atoms with Crippen molar-refractivity contribution in [3.8, 4) is 22.5 Å². The first-order valence-electron chi connectivity index (χ1n) is 8.61. The average Bonchev–Trinajstić information content (AvgIpc) is 3.36. The number of hydrogen-bond acceptors (Lipinski definition) is 8. The van der Waals surface area contributed by atoms with Crippen molar-refractivity contribution in [3.05, 3.63) is 58.6 Å². The zero-order chi connectivity index (χ0) is 18.6. The van der Waals surface area contributed by atoms with Crippen LogP contribution in [-0.4, -0.2) is 25.1 Å². The van der Waals surface area contributed by atoms with E-state index in [1.807, 2.05) is 19.9 Å². The molecule has 4 aromatic heterocycles. The Labute approximate surface area is 160 Å². The fourth-order valence-corrected chi connectivity index (χ4v) is 3.47. The monoisotopic (exact) mass is 378 g/mol. The van der Waals surface area contributed by atoms with E-state index in [2.05, 4.69) is 36.9 Å². The van der Waals surface area contributed by atoms with E-state index in [0.29, 0.717) is 18.2 Å². The van der Waals surface area contributed by atoms with E-state index in [9.17, 15) is 0 Å². The molecule has 8 heteroatoms. The second kappa shape index (κ2) is 7.63. The summed E-state index contributed by atoms with van der Waals surface area (Å²) in [5.41, 5.74) is 3.93. The molecule has 0 saturated carbocycles. The highest BCUT2D eigenvalue weighted by Crippen LogP contribution is 2.34. The molecule has 0 aliphatic carbocycles. The summed E-state index contributed by atoms with van der Waals surface area (Å²) >= 11 is 1.69. The lowest BCUT2D eigenvalue weighted by Gasteiger charge is -2.11. The van der Waals surface area contributed by atoms with E-state index in [1.165, 1.54) is 4.88 Å². The van der Waals surface area contributed by atoms with Gasteiger partial charge in [0.1, 0.15) is 5.76 Å². The molecule has 27 heavy (non-hydrogen) atoms. The summed E-state index contributed by atoms with van der Waals surface area (Å²) in [5, 5.41) is 9.46. The van der Waals surface area contributed by atoms with Crippen LogP contribution in [0.5, 0.6) is 0 Å². The molecule has 0 atom stereocenters. The standard InChI is InChI=1S/C19H18N6OS/c1-3-16-17(12(2)25-26-16)18-14(15-11-20-6-7-21-15)10-23-19(24-18)22-9-13-5-4-8-27-13/h4-8,10-11H,3,9H2,1-2H3,(H,22,23,24).